The fourth-order valence-corrected chi connectivity index (χ4v) is 2.70. The summed E-state index contributed by atoms with van der Waals surface area (Å²) in [7, 11) is 2.05. The van der Waals surface area contributed by atoms with Crippen LogP contribution in [0.25, 0.3) is 0 Å². The summed E-state index contributed by atoms with van der Waals surface area (Å²) in [6.45, 7) is 2.33. The second kappa shape index (κ2) is 5.20. The van der Waals surface area contributed by atoms with Crippen LogP contribution in [-0.4, -0.2) is 12.2 Å². The van der Waals surface area contributed by atoms with Crippen molar-refractivity contribution in [1.29, 1.82) is 0 Å². The summed E-state index contributed by atoms with van der Waals surface area (Å²) >= 11 is 0. The number of aromatic hydroxyl groups is 1. The van der Waals surface area contributed by atoms with Crippen LogP contribution in [0.5, 0.6) is 5.75 Å². The fraction of sp³-hybridized carbons (Fsp3) is 0.333. The van der Waals surface area contributed by atoms with Crippen LogP contribution in [-0.2, 0) is 0 Å². The molecule has 20 heavy (non-hydrogen) atoms. The zero-order valence-corrected chi connectivity index (χ0v) is 12.1. The largest absolute Gasteiger partial charge is 0.508 e. The number of phenolic OH excluding ortho intramolecular Hbond substituents is 1. The Labute approximate surface area is 120 Å². The Morgan fingerprint density at radius 1 is 0.950 bits per heavy atom. The maximum atomic E-state index is 9.35. The number of hydrogen-bond acceptors (Lipinski definition) is 2. The molecule has 1 aliphatic rings. The molecule has 0 bridgehead atoms. The molecule has 0 heterocycles. The average Bonchev–Trinajstić information content (AvgIpc) is 3.31. The molecule has 0 amide bonds. The molecule has 1 saturated carbocycles. The van der Waals surface area contributed by atoms with Gasteiger partial charge in [-0.25, -0.2) is 0 Å². The molecule has 0 spiro atoms. The normalized spacial score (nSPS) is 15.9. The van der Waals surface area contributed by atoms with Crippen LogP contribution in [0.1, 0.15) is 31.2 Å². The highest BCUT2D eigenvalue weighted by atomic mass is 16.3. The van der Waals surface area contributed by atoms with E-state index in [9.17, 15) is 5.11 Å². The minimum Gasteiger partial charge on any atom is -0.508 e. The van der Waals surface area contributed by atoms with Crippen LogP contribution in [0, 0.1) is 5.92 Å². The van der Waals surface area contributed by atoms with E-state index in [1.54, 1.807) is 12.1 Å². The quantitative estimate of drug-likeness (QED) is 0.870. The van der Waals surface area contributed by atoms with Gasteiger partial charge in [-0.15, -0.1) is 0 Å². The molecule has 2 nitrogen and oxygen atoms in total. The highest BCUT2D eigenvalue weighted by Crippen LogP contribution is 2.42. The lowest BCUT2D eigenvalue weighted by Gasteiger charge is -2.20. The molecule has 3 rings (SSSR count). The molecular weight excluding hydrogens is 246 g/mol. The molecule has 0 aliphatic heterocycles. The van der Waals surface area contributed by atoms with Gasteiger partial charge in [-0.05, 0) is 66.6 Å². The Morgan fingerprint density at radius 2 is 1.45 bits per heavy atom. The summed E-state index contributed by atoms with van der Waals surface area (Å²) in [6.07, 6.45) is 2.77. The van der Waals surface area contributed by atoms with Gasteiger partial charge in [0.25, 0.3) is 0 Å². The van der Waals surface area contributed by atoms with Crippen LogP contribution in [0.4, 0.5) is 11.4 Å². The second-order valence-corrected chi connectivity index (χ2v) is 5.79. The zero-order valence-electron chi connectivity index (χ0n) is 12.1. The maximum Gasteiger partial charge on any atom is 0.115 e. The molecule has 2 heteroatoms. The van der Waals surface area contributed by atoms with E-state index in [2.05, 4.69) is 36.1 Å². The Bertz CT molecular complexity index is 569. The van der Waals surface area contributed by atoms with Gasteiger partial charge in [0.1, 0.15) is 5.75 Å². The van der Waals surface area contributed by atoms with Gasteiger partial charge in [-0.2, -0.15) is 0 Å². The molecule has 1 unspecified atom stereocenters. The van der Waals surface area contributed by atoms with E-state index in [-0.39, 0.29) is 0 Å². The first-order valence-corrected chi connectivity index (χ1v) is 7.28. The van der Waals surface area contributed by atoms with Crippen molar-refractivity contribution in [3.63, 3.8) is 0 Å². The number of hydrogen-bond donors (Lipinski definition) is 1. The van der Waals surface area contributed by atoms with Crippen molar-refractivity contribution in [3.8, 4) is 5.75 Å². The third-order valence-electron chi connectivity index (χ3n) is 4.37. The second-order valence-electron chi connectivity index (χ2n) is 5.79. The van der Waals surface area contributed by atoms with Gasteiger partial charge < -0.3 is 10.0 Å². The van der Waals surface area contributed by atoms with Gasteiger partial charge in [-0.3, -0.25) is 0 Å². The summed E-state index contributed by atoms with van der Waals surface area (Å²) in [5, 5.41) is 9.35. The van der Waals surface area contributed by atoms with Crippen LogP contribution in [0.3, 0.4) is 0 Å². The van der Waals surface area contributed by atoms with Gasteiger partial charge in [0.2, 0.25) is 0 Å². The Hall–Kier alpha value is -1.96. The Kier molecular flexibility index (Phi) is 3.39. The minimum absolute atomic E-state index is 0.302. The van der Waals surface area contributed by atoms with Gasteiger partial charge >= 0.3 is 0 Å². The number of anilines is 2. The number of rotatable bonds is 4. The van der Waals surface area contributed by atoms with Gasteiger partial charge in [0.05, 0.1) is 0 Å². The van der Waals surface area contributed by atoms with Crippen LogP contribution >= 0.6 is 0 Å². The first kappa shape index (κ1) is 13.0. The summed E-state index contributed by atoms with van der Waals surface area (Å²) in [5.74, 6) is 1.88. The molecule has 1 fully saturated rings. The third-order valence-corrected chi connectivity index (χ3v) is 4.37. The predicted octanol–water partition coefficient (Wildman–Crippen LogP) is 4.67. The lowest BCUT2D eigenvalue weighted by Crippen LogP contribution is -2.09. The fourth-order valence-electron chi connectivity index (χ4n) is 2.70. The third kappa shape index (κ3) is 2.64. The molecule has 104 valence electrons. The highest BCUT2D eigenvalue weighted by Gasteiger charge is 2.28. The van der Waals surface area contributed by atoms with E-state index in [4.69, 9.17) is 0 Å². The van der Waals surface area contributed by atoms with Crippen molar-refractivity contribution in [2.75, 3.05) is 11.9 Å². The van der Waals surface area contributed by atoms with E-state index in [1.165, 1.54) is 24.1 Å². The van der Waals surface area contributed by atoms with Crippen molar-refractivity contribution in [2.45, 2.75) is 25.7 Å². The first-order chi connectivity index (χ1) is 9.65. The van der Waals surface area contributed by atoms with Crippen LogP contribution in [0.2, 0.25) is 0 Å². The lowest BCUT2D eigenvalue weighted by atomic mass is 9.96. The average molecular weight is 267 g/mol. The van der Waals surface area contributed by atoms with Gasteiger partial charge in [-0.1, -0.05) is 19.1 Å². The van der Waals surface area contributed by atoms with E-state index < -0.39 is 0 Å². The minimum atomic E-state index is 0.302. The standard InChI is InChI=1S/C18H21NO/c1-13(14-3-4-14)15-5-7-16(8-6-15)19(2)17-9-11-18(20)12-10-17/h5-14,20H,3-4H2,1-2H3. The number of phenols is 1. The van der Waals surface area contributed by atoms with Crippen molar-refractivity contribution in [2.24, 2.45) is 5.92 Å². The molecule has 1 N–H and O–H groups in total. The van der Waals surface area contributed by atoms with E-state index in [1.807, 2.05) is 19.2 Å². The molecular formula is C18H21NO. The smallest absolute Gasteiger partial charge is 0.115 e. The monoisotopic (exact) mass is 267 g/mol. The predicted molar refractivity (Wildman–Crippen MR) is 83.8 cm³/mol. The molecule has 1 atom stereocenters. The van der Waals surface area contributed by atoms with Gasteiger partial charge in [0, 0.05) is 18.4 Å². The summed E-state index contributed by atoms with van der Waals surface area (Å²) in [5.41, 5.74) is 3.68. The molecule has 1 aliphatic carbocycles. The van der Waals surface area contributed by atoms with Crippen LogP contribution in [0.15, 0.2) is 48.5 Å². The van der Waals surface area contributed by atoms with Gasteiger partial charge in [0.15, 0.2) is 0 Å². The molecule has 0 aromatic heterocycles. The van der Waals surface area contributed by atoms with E-state index in [0.717, 1.165) is 11.6 Å². The van der Waals surface area contributed by atoms with Crippen molar-refractivity contribution >= 4 is 11.4 Å². The SMILES string of the molecule is CC(c1ccc(N(C)c2ccc(O)cc2)cc1)C1CC1. The highest BCUT2D eigenvalue weighted by molar-refractivity contribution is 5.63. The Morgan fingerprint density at radius 3 is 1.95 bits per heavy atom. The topological polar surface area (TPSA) is 23.5 Å². The summed E-state index contributed by atoms with van der Waals surface area (Å²) in [6, 6.07) is 16.1. The summed E-state index contributed by atoms with van der Waals surface area (Å²) in [4.78, 5) is 2.13. The van der Waals surface area contributed by atoms with E-state index in [0.29, 0.717) is 11.7 Å². The molecule has 2 aromatic rings. The molecule has 0 radical (unpaired) electrons. The first-order valence-electron chi connectivity index (χ1n) is 7.28. The van der Waals surface area contributed by atoms with Crippen molar-refractivity contribution in [3.05, 3.63) is 54.1 Å². The zero-order chi connectivity index (χ0) is 14.1. The number of benzene rings is 2. The number of nitrogens with zero attached hydrogens (tertiary/aromatic N) is 1. The van der Waals surface area contributed by atoms with E-state index >= 15 is 0 Å². The molecule has 0 saturated heterocycles. The van der Waals surface area contributed by atoms with Crippen molar-refractivity contribution < 1.29 is 5.11 Å². The molecule has 2 aromatic carbocycles. The lowest BCUT2D eigenvalue weighted by molar-refractivity contribution is 0.475. The van der Waals surface area contributed by atoms with Crippen LogP contribution < -0.4 is 4.90 Å². The Balaban J connectivity index is 1.77. The summed E-state index contributed by atoms with van der Waals surface area (Å²) < 4.78 is 0. The maximum absolute atomic E-state index is 9.35. The van der Waals surface area contributed by atoms with Crippen molar-refractivity contribution in [1.82, 2.24) is 0 Å².